The smallest absolute Gasteiger partial charge is 0.225 e. The number of benzene rings is 1. The van der Waals surface area contributed by atoms with Gasteiger partial charge in [-0.1, -0.05) is 6.07 Å². The fourth-order valence-corrected chi connectivity index (χ4v) is 2.72. The topological polar surface area (TPSA) is 59.7 Å². The van der Waals surface area contributed by atoms with Crippen molar-refractivity contribution >= 4 is 5.95 Å². The van der Waals surface area contributed by atoms with Crippen molar-refractivity contribution in [3.8, 4) is 16.9 Å². The summed E-state index contributed by atoms with van der Waals surface area (Å²) in [6.45, 7) is 0.659. The Morgan fingerprint density at radius 1 is 1.04 bits per heavy atom. The summed E-state index contributed by atoms with van der Waals surface area (Å²) >= 11 is 0. The fraction of sp³-hybridized carbons (Fsp3) is 0.100. The van der Waals surface area contributed by atoms with Gasteiger partial charge in [0, 0.05) is 43.9 Å². The predicted octanol–water partition coefficient (Wildman–Crippen LogP) is 3.50. The third-order valence-corrected chi connectivity index (χ3v) is 4.10. The summed E-state index contributed by atoms with van der Waals surface area (Å²) in [5.74, 6) is 0.342. The summed E-state index contributed by atoms with van der Waals surface area (Å²) in [4.78, 5) is 15.1. The lowest BCUT2D eigenvalue weighted by Crippen LogP contribution is -2.19. The molecule has 3 aromatic heterocycles. The van der Waals surface area contributed by atoms with E-state index in [4.69, 9.17) is 0 Å². The summed E-state index contributed by atoms with van der Waals surface area (Å²) < 4.78 is 14.8. The van der Waals surface area contributed by atoms with Crippen LogP contribution in [0.5, 0.6) is 0 Å². The highest BCUT2D eigenvalue weighted by Gasteiger charge is 2.10. The normalized spacial score (nSPS) is 10.7. The lowest BCUT2D eigenvalue weighted by molar-refractivity contribution is 0.627. The maximum absolute atomic E-state index is 13.1. The van der Waals surface area contributed by atoms with Crippen LogP contribution in [0.2, 0.25) is 0 Å². The molecule has 0 aliphatic rings. The summed E-state index contributed by atoms with van der Waals surface area (Å²) in [5, 5.41) is 4.35. The molecule has 3 heterocycles. The first kappa shape index (κ1) is 16.8. The minimum Gasteiger partial charge on any atom is -0.339 e. The number of pyridine rings is 1. The van der Waals surface area contributed by atoms with Gasteiger partial charge in [-0.2, -0.15) is 5.10 Å². The van der Waals surface area contributed by atoms with Crippen LogP contribution in [0.1, 0.15) is 5.56 Å². The van der Waals surface area contributed by atoms with Gasteiger partial charge in [-0.25, -0.2) is 19.0 Å². The maximum atomic E-state index is 13.1. The molecule has 4 rings (SSSR count). The molecule has 0 unspecified atom stereocenters. The molecule has 0 radical (unpaired) electrons. The van der Waals surface area contributed by atoms with E-state index in [9.17, 15) is 4.39 Å². The first-order chi connectivity index (χ1) is 13.2. The zero-order chi connectivity index (χ0) is 18.6. The van der Waals surface area contributed by atoms with Crippen molar-refractivity contribution in [2.24, 2.45) is 0 Å². The monoisotopic (exact) mass is 360 g/mol. The molecule has 0 amide bonds. The summed E-state index contributed by atoms with van der Waals surface area (Å²) in [7, 11) is 1.94. The third kappa shape index (κ3) is 3.82. The van der Waals surface area contributed by atoms with Gasteiger partial charge in [-0.05, 0) is 42.0 Å². The van der Waals surface area contributed by atoms with Gasteiger partial charge in [-0.3, -0.25) is 4.98 Å². The molecule has 0 saturated carbocycles. The van der Waals surface area contributed by atoms with Crippen molar-refractivity contribution in [3.05, 3.63) is 84.8 Å². The van der Waals surface area contributed by atoms with E-state index in [2.05, 4.69) is 20.1 Å². The molecule has 6 nitrogen and oxygen atoms in total. The molecule has 0 bridgehead atoms. The lowest BCUT2D eigenvalue weighted by atomic mass is 10.2. The van der Waals surface area contributed by atoms with E-state index in [1.54, 1.807) is 35.4 Å². The van der Waals surface area contributed by atoms with Crippen LogP contribution in [0.25, 0.3) is 16.9 Å². The standard InChI is InChI=1S/C20H17FN6/c1-26(13-15-3-2-9-22-11-15)20-23-10-8-19(25-20)16-12-24-27(14-16)18-6-4-17(21)5-7-18/h2-12,14H,13H2,1H3. The van der Waals surface area contributed by atoms with E-state index in [0.717, 1.165) is 22.5 Å². The number of anilines is 1. The Kier molecular flexibility index (Phi) is 4.57. The SMILES string of the molecule is CN(Cc1cccnc1)c1nccc(-c2cnn(-c3ccc(F)cc3)c2)n1. The molecule has 4 aromatic rings. The molecular formula is C20H17FN6. The largest absolute Gasteiger partial charge is 0.339 e. The molecule has 0 fully saturated rings. The molecule has 0 atom stereocenters. The molecule has 0 aliphatic carbocycles. The highest BCUT2D eigenvalue weighted by molar-refractivity contribution is 5.59. The second-order valence-electron chi connectivity index (χ2n) is 6.11. The van der Waals surface area contributed by atoms with Gasteiger partial charge < -0.3 is 4.90 Å². The van der Waals surface area contributed by atoms with E-state index in [1.807, 2.05) is 42.5 Å². The first-order valence-electron chi connectivity index (χ1n) is 8.43. The van der Waals surface area contributed by atoms with E-state index < -0.39 is 0 Å². The van der Waals surface area contributed by atoms with Crippen molar-refractivity contribution in [2.45, 2.75) is 6.54 Å². The first-order valence-corrected chi connectivity index (χ1v) is 8.43. The summed E-state index contributed by atoms with van der Waals surface area (Å²) in [6.07, 6.45) is 8.90. The average Bonchev–Trinajstić information content (AvgIpc) is 3.20. The van der Waals surface area contributed by atoms with Crippen LogP contribution in [0, 0.1) is 5.82 Å². The minimum atomic E-state index is -0.275. The highest BCUT2D eigenvalue weighted by atomic mass is 19.1. The van der Waals surface area contributed by atoms with Crippen LogP contribution in [-0.4, -0.2) is 31.8 Å². The Hall–Kier alpha value is -3.61. The molecular weight excluding hydrogens is 343 g/mol. The van der Waals surface area contributed by atoms with E-state index in [0.29, 0.717) is 12.5 Å². The quantitative estimate of drug-likeness (QED) is 0.545. The lowest BCUT2D eigenvalue weighted by Gasteiger charge is -2.17. The zero-order valence-corrected chi connectivity index (χ0v) is 14.7. The fourth-order valence-electron chi connectivity index (χ4n) is 2.72. The molecule has 0 spiro atoms. The number of halogens is 1. The molecule has 134 valence electrons. The Morgan fingerprint density at radius 3 is 2.67 bits per heavy atom. The van der Waals surface area contributed by atoms with Crippen LogP contribution in [0.3, 0.4) is 0 Å². The minimum absolute atomic E-state index is 0.275. The molecule has 7 heteroatoms. The molecule has 0 saturated heterocycles. The number of hydrogen-bond acceptors (Lipinski definition) is 5. The van der Waals surface area contributed by atoms with Crippen LogP contribution >= 0.6 is 0 Å². The van der Waals surface area contributed by atoms with Gasteiger partial charge >= 0.3 is 0 Å². The van der Waals surface area contributed by atoms with Crippen LogP contribution in [0.15, 0.2) is 73.4 Å². The van der Waals surface area contributed by atoms with Crippen molar-refractivity contribution in [2.75, 3.05) is 11.9 Å². The van der Waals surface area contributed by atoms with Crippen molar-refractivity contribution in [1.82, 2.24) is 24.7 Å². The summed E-state index contributed by atoms with van der Waals surface area (Å²) in [6, 6.07) is 11.9. The van der Waals surface area contributed by atoms with Gasteiger partial charge in [0.05, 0.1) is 17.6 Å². The van der Waals surface area contributed by atoms with Crippen LogP contribution in [0.4, 0.5) is 10.3 Å². The van der Waals surface area contributed by atoms with Gasteiger partial charge in [0.15, 0.2) is 0 Å². The Balaban J connectivity index is 1.56. The van der Waals surface area contributed by atoms with E-state index in [-0.39, 0.29) is 5.82 Å². The predicted molar refractivity (Wildman–Crippen MR) is 101 cm³/mol. The van der Waals surface area contributed by atoms with Crippen LogP contribution in [-0.2, 0) is 6.54 Å². The third-order valence-electron chi connectivity index (χ3n) is 4.10. The molecule has 0 N–H and O–H groups in total. The van der Waals surface area contributed by atoms with Crippen LogP contribution < -0.4 is 4.90 Å². The maximum Gasteiger partial charge on any atom is 0.225 e. The molecule has 0 aliphatic heterocycles. The molecule has 1 aromatic carbocycles. The Labute approximate surface area is 156 Å². The van der Waals surface area contributed by atoms with Gasteiger partial charge in [0.25, 0.3) is 0 Å². The van der Waals surface area contributed by atoms with E-state index in [1.165, 1.54) is 12.1 Å². The number of nitrogens with zero attached hydrogens (tertiary/aromatic N) is 6. The van der Waals surface area contributed by atoms with Crippen molar-refractivity contribution < 1.29 is 4.39 Å². The van der Waals surface area contributed by atoms with Crippen molar-refractivity contribution in [1.29, 1.82) is 0 Å². The average molecular weight is 360 g/mol. The Bertz CT molecular complexity index is 1030. The number of aromatic nitrogens is 5. The zero-order valence-electron chi connectivity index (χ0n) is 14.7. The second kappa shape index (κ2) is 7.33. The molecule has 27 heavy (non-hydrogen) atoms. The van der Waals surface area contributed by atoms with E-state index >= 15 is 0 Å². The number of rotatable bonds is 5. The van der Waals surface area contributed by atoms with Gasteiger partial charge in [-0.15, -0.1) is 0 Å². The highest BCUT2D eigenvalue weighted by Crippen LogP contribution is 2.20. The second-order valence-corrected chi connectivity index (χ2v) is 6.11. The van der Waals surface area contributed by atoms with Crippen molar-refractivity contribution in [3.63, 3.8) is 0 Å². The van der Waals surface area contributed by atoms with Gasteiger partial charge in [0.2, 0.25) is 5.95 Å². The number of hydrogen-bond donors (Lipinski definition) is 0. The van der Waals surface area contributed by atoms with Gasteiger partial charge in [0.1, 0.15) is 5.82 Å². The Morgan fingerprint density at radius 2 is 1.89 bits per heavy atom. The summed E-state index contributed by atoms with van der Waals surface area (Å²) in [5.41, 5.74) is 3.49.